The predicted molar refractivity (Wildman–Crippen MR) is 93.6 cm³/mol. The molecule has 1 amide bonds. The second kappa shape index (κ2) is 7.79. The van der Waals surface area contributed by atoms with Gasteiger partial charge in [-0.05, 0) is 26.0 Å². The van der Waals surface area contributed by atoms with Gasteiger partial charge in [-0.3, -0.25) is 19.5 Å². The maximum Gasteiger partial charge on any atom is 0.274 e. The van der Waals surface area contributed by atoms with Crippen LogP contribution in [-0.2, 0) is 11.3 Å². The summed E-state index contributed by atoms with van der Waals surface area (Å²) in [6, 6.07) is 3.86. The number of aromatic amines is 1. The summed E-state index contributed by atoms with van der Waals surface area (Å²) in [5, 5.41) is 11.6. The highest BCUT2D eigenvalue weighted by atomic mass is 16.5. The van der Waals surface area contributed by atoms with Crippen LogP contribution < -0.4 is 0 Å². The number of amides is 1. The zero-order valence-electron chi connectivity index (χ0n) is 15.2. The fourth-order valence-corrected chi connectivity index (χ4v) is 3.11. The molecule has 3 rings (SSSR count). The zero-order valence-corrected chi connectivity index (χ0v) is 15.2. The first-order chi connectivity index (χ1) is 12.1. The van der Waals surface area contributed by atoms with E-state index in [2.05, 4.69) is 20.2 Å². The Morgan fingerprint density at radius 1 is 1.24 bits per heavy atom. The van der Waals surface area contributed by atoms with Crippen molar-refractivity contribution in [2.24, 2.45) is 0 Å². The molecule has 2 aromatic rings. The van der Waals surface area contributed by atoms with Gasteiger partial charge in [-0.25, -0.2) is 0 Å². The molecule has 0 aliphatic carbocycles. The summed E-state index contributed by atoms with van der Waals surface area (Å²) in [7, 11) is 1.71. The lowest BCUT2D eigenvalue weighted by Crippen LogP contribution is -2.49. The van der Waals surface area contributed by atoms with Crippen LogP contribution in [-0.4, -0.2) is 82.1 Å². The van der Waals surface area contributed by atoms with Crippen molar-refractivity contribution >= 4 is 5.91 Å². The van der Waals surface area contributed by atoms with E-state index in [4.69, 9.17) is 4.74 Å². The molecule has 1 saturated heterocycles. The third-order valence-electron chi connectivity index (χ3n) is 4.54. The maximum absolute atomic E-state index is 12.6. The topological polar surface area (TPSA) is 79.3 Å². The molecule has 8 heteroatoms. The Kier molecular flexibility index (Phi) is 5.50. The van der Waals surface area contributed by atoms with Crippen LogP contribution in [0.2, 0.25) is 0 Å². The highest BCUT2D eigenvalue weighted by molar-refractivity contribution is 5.92. The Hall–Kier alpha value is -2.19. The Morgan fingerprint density at radius 3 is 2.64 bits per heavy atom. The van der Waals surface area contributed by atoms with E-state index in [1.165, 1.54) is 0 Å². The number of carbonyl (C=O) groups excluding carboxylic acids is 1. The minimum Gasteiger partial charge on any atom is -0.383 e. The number of piperazine rings is 1. The normalized spacial score (nSPS) is 15.7. The molecule has 2 aromatic heterocycles. The summed E-state index contributed by atoms with van der Waals surface area (Å²) in [6.45, 7) is 9.41. The van der Waals surface area contributed by atoms with Gasteiger partial charge in [-0.15, -0.1) is 0 Å². The molecule has 1 N–H and O–H groups in total. The molecule has 25 heavy (non-hydrogen) atoms. The van der Waals surface area contributed by atoms with Gasteiger partial charge in [0.1, 0.15) is 5.69 Å². The summed E-state index contributed by atoms with van der Waals surface area (Å²) < 4.78 is 7.01. The number of H-pyrrole nitrogens is 1. The molecule has 8 nitrogen and oxygen atoms in total. The Balaban J connectivity index is 1.57. The molecule has 1 aliphatic heterocycles. The lowest BCUT2D eigenvalue weighted by Gasteiger charge is -2.34. The predicted octanol–water partition coefficient (Wildman–Crippen LogP) is 0.676. The summed E-state index contributed by atoms with van der Waals surface area (Å²) in [5.74, 6) is -0.0118. The van der Waals surface area contributed by atoms with Crippen molar-refractivity contribution in [2.45, 2.75) is 20.4 Å². The van der Waals surface area contributed by atoms with E-state index in [-0.39, 0.29) is 5.91 Å². The van der Waals surface area contributed by atoms with E-state index in [0.717, 1.165) is 56.4 Å². The van der Waals surface area contributed by atoms with Crippen LogP contribution in [0.1, 0.15) is 27.6 Å². The number of carbonyl (C=O) groups is 1. The molecule has 1 fully saturated rings. The second-order valence-electron chi connectivity index (χ2n) is 6.49. The first-order valence-corrected chi connectivity index (χ1v) is 8.62. The first-order valence-electron chi connectivity index (χ1n) is 8.62. The maximum atomic E-state index is 12.6. The van der Waals surface area contributed by atoms with Crippen LogP contribution in [0, 0.1) is 13.8 Å². The van der Waals surface area contributed by atoms with Crippen molar-refractivity contribution in [3.8, 4) is 0 Å². The van der Waals surface area contributed by atoms with Crippen LogP contribution in [0.3, 0.4) is 0 Å². The van der Waals surface area contributed by atoms with Crippen molar-refractivity contribution in [3.05, 3.63) is 34.9 Å². The fraction of sp³-hybridized carbons (Fsp3) is 0.588. The molecule has 0 radical (unpaired) electrons. The number of ether oxygens (including phenoxy) is 1. The minimum atomic E-state index is -0.0118. The van der Waals surface area contributed by atoms with Crippen molar-refractivity contribution in [2.75, 3.05) is 46.4 Å². The van der Waals surface area contributed by atoms with E-state index in [9.17, 15) is 4.79 Å². The molecular weight excluding hydrogens is 320 g/mol. The van der Waals surface area contributed by atoms with Crippen LogP contribution in [0.4, 0.5) is 0 Å². The van der Waals surface area contributed by atoms with E-state index in [1.54, 1.807) is 7.11 Å². The van der Waals surface area contributed by atoms with Crippen LogP contribution >= 0.6 is 0 Å². The lowest BCUT2D eigenvalue weighted by molar-refractivity contribution is 0.0589. The molecule has 0 bridgehead atoms. The van der Waals surface area contributed by atoms with Gasteiger partial charge in [0.05, 0.1) is 24.5 Å². The summed E-state index contributed by atoms with van der Waals surface area (Å²) in [5.41, 5.74) is 3.43. The first kappa shape index (κ1) is 17.6. The van der Waals surface area contributed by atoms with Crippen molar-refractivity contribution in [1.29, 1.82) is 0 Å². The average molecular weight is 346 g/mol. The number of rotatable bonds is 6. The van der Waals surface area contributed by atoms with E-state index >= 15 is 0 Å². The summed E-state index contributed by atoms with van der Waals surface area (Å²) >= 11 is 0. The lowest BCUT2D eigenvalue weighted by atomic mass is 10.2. The Labute approximate surface area is 147 Å². The van der Waals surface area contributed by atoms with Gasteiger partial charge in [-0.2, -0.15) is 10.2 Å². The highest BCUT2D eigenvalue weighted by Gasteiger charge is 2.23. The Morgan fingerprint density at radius 2 is 2.00 bits per heavy atom. The standard InChI is InChI=1S/C17H26N6O2/c1-13-10-14(2)23(20-13)12-15-11-16(19-18-15)17(24)22-6-4-21(5-7-22)8-9-25-3/h10-11H,4-9,12H2,1-3H3,(H,18,19). The average Bonchev–Trinajstić information content (AvgIpc) is 3.19. The van der Waals surface area contributed by atoms with Gasteiger partial charge in [0, 0.05) is 45.5 Å². The van der Waals surface area contributed by atoms with Gasteiger partial charge in [0.25, 0.3) is 5.91 Å². The van der Waals surface area contributed by atoms with E-state index < -0.39 is 0 Å². The van der Waals surface area contributed by atoms with Crippen LogP contribution in [0.15, 0.2) is 12.1 Å². The second-order valence-corrected chi connectivity index (χ2v) is 6.49. The summed E-state index contributed by atoms with van der Waals surface area (Å²) in [6.07, 6.45) is 0. The molecule has 0 spiro atoms. The van der Waals surface area contributed by atoms with E-state index in [0.29, 0.717) is 12.2 Å². The number of aromatic nitrogens is 4. The van der Waals surface area contributed by atoms with E-state index in [1.807, 2.05) is 35.6 Å². The molecule has 3 heterocycles. The monoisotopic (exact) mass is 346 g/mol. The molecule has 0 atom stereocenters. The number of hydrogen-bond acceptors (Lipinski definition) is 5. The number of hydrogen-bond donors (Lipinski definition) is 1. The summed E-state index contributed by atoms with van der Waals surface area (Å²) in [4.78, 5) is 16.8. The van der Waals surface area contributed by atoms with Gasteiger partial charge in [0.15, 0.2) is 0 Å². The third-order valence-corrected chi connectivity index (χ3v) is 4.54. The van der Waals surface area contributed by atoms with Gasteiger partial charge in [0.2, 0.25) is 0 Å². The highest BCUT2D eigenvalue weighted by Crippen LogP contribution is 2.10. The zero-order chi connectivity index (χ0) is 17.8. The minimum absolute atomic E-state index is 0.0118. The number of methoxy groups -OCH3 is 1. The van der Waals surface area contributed by atoms with Gasteiger partial charge < -0.3 is 9.64 Å². The number of aryl methyl sites for hydroxylation is 2. The molecule has 1 aliphatic rings. The van der Waals surface area contributed by atoms with Crippen LogP contribution in [0.25, 0.3) is 0 Å². The third kappa shape index (κ3) is 4.26. The fourth-order valence-electron chi connectivity index (χ4n) is 3.11. The molecule has 136 valence electrons. The van der Waals surface area contributed by atoms with Crippen LogP contribution in [0.5, 0.6) is 0 Å². The van der Waals surface area contributed by atoms with Gasteiger partial charge >= 0.3 is 0 Å². The quantitative estimate of drug-likeness (QED) is 0.832. The number of nitrogens with one attached hydrogen (secondary N) is 1. The smallest absolute Gasteiger partial charge is 0.274 e. The number of nitrogens with zero attached hydrogens (tertiary/aromatic N) is 5. The SMILES string of the molecule is COCCN1CCN(C(=O)c2cc(Cn3nc(C)cc3C)[nH]n2)CC1. The van der Waals surface area contributed by atoms with Crippen molar-refractivity contribution in [3.63, 3.8) is 0 Å². The van der Waals surface area contributed by atoms with Crippen molar-refractivity contribution in [1.82, 2.24) is 29.8 Å². The Bertz CT molecular complexity index is 715. The molecule has 0 aromatic carbocycles. The molecule has 0 unspecified atom stereocenters. The van der Waals surface area contributed by atoms with Crippen molar-refractivity contribution < 1.29 is 9.53 Å². The van der Waals surface area contributed by atoms with Gasteiger partial charge in [-0.1, -0.05) is 0 Å². The molecule has 0 saturated carbocycles. The largest absolute Gasteiger partial charge is 0.383 e. The molecular formula is C17H26N6O2.